The van der Waals surface area contributed by atoms with Gasteiger partial charge < -0.3 is 10.6 Å². The van der Waals surface area contributed by atoms with Gasteiger partial charge in [-0.3, -0.25) is 4.79 Å². The predicted molar refractivity (Wildman–Crippen MR) is 90.1 cm³/mol. The van der Waals surface area contributed by atoms with Crippen LogP contribution in [0.15, 0.2) is 18.2 Å². The number of halogens is 2. The van der Waals surface area contributed by atoms with Gasteiger partial charge in [0.2, 0.25) is 5.91 Å². The van der Waals surface area contributed by atoms with Crippen molar-refractivity contribution in [2.45, 2.75) is 44.2 Å². The van der Waals surface area contributed by atoms with Crippen LogP contribution in [-0.4, -0.2) is 18.0 Å². The first-order valence-electron chi connectivity index (χ1n) is 7.11. The Morgan fingerprint density at radius 1 is 1.35 bits per heavy atom. The molecule has 2 saturated heterocycles. The minimum Gasteiger partial charge on any atom is -0.325 e. The molecule has 2 aliphatic heterocycles. The normalized spacial score (nSPS) is 28.4. The number of rotatable bonds is 3. The molecular weight excluding hydrogens is 387 g/mol. The summed E-state index contributed by atoms with van der Waals surface area (Å²) < 4.78 is 1.07. The van der Waals surface area contributed by atoms with Gasteiger partial charge in [-0.15, -0.1) is 0 Å². The molecule has 2 N–H and O–H groups in total. The zero-order valence-electron chi connectivity index (χ0n) is 11.2. The second-order valence-electron chi connectivity index (χ2n) is 5.85. The Morgan fingerprint density at radius 2 is 2.05 bits per heavy atom. The van der Waals surface area contributed by atoms with Gasteiger partial charge >= 0.3 is 0 Å². The number of fused-ring (bicyclic) bond motifs is 2. The Kier molecular flexibility index (Phi) is 4.52. The van der Waals surface area contributed by atoms with E-state index < -0.39 is 0 Å². The van der Waals surface area contributed by atoms with Crippen LogP contribution >= 0.6 is 34.2 Å². The Morgan fingerprint density at radius 3 is 2.70 bits per heavy atom. The predicted octanol–water partition coefficient (Wildman–Crippen LogP) is 3.80. The number of hydrogen-bond acceptors (Lipinski definition) is 2. The molecule has 20 heavy (non-hydrogen) atoms. The molecule has 3 nitrogen and oxygen atoms in total. The van der Waals surface area contributed by atoms with Crippen molar-refractivity contribution in [3.63, 3.8) is 0 Å². The first-order valence-corrected chi connectivity index (χ1v) is 8.57. The fourth-order valence-corrected chi connectivity index (χ4v) is 4.30. The molecule has 0 radical (unpaired) electrons. The van der Waals surface area contributed by atoms with Crippen LogP contribution in [0.1, 0.15) is 32.1 Å². The minimum atomic E-state index is 0.0828. The number of amides is 1. The molecule has 2 bridgehead atoms. The molecule has 108 valence electrons. The number of hydrogen-bond donors (Lipinski definition) is 2. The smallest absolute Gasteiger partial charge is 0.224 e. The van der Waals surface area contributed by atoms with Gasteiger partial charge in [0.25, 0.3) is 0 Å². The highest BCUT2D eigenvalue weighted by atomic mass is 127. The van der Waals surface area contributed by atoms with E-state index in [0.29, 0.717) is 35.1 Å². The topological polar surface area (TPSA) is 41.1 Å². The first-order chi connectivity index (χ1) is 9.60. The molecule has 0 saturated carbocycles. The summed E-state index contributed by atoms with van der Waals surface area (Å²) in [6, 6.07) is 6.95. The number of benzene rings is 1. The standard InChI is InChI=1S/C15H18ClIN2O/c16-13-8-10(17)1-4-14(13)19-15(20)7-9-5-11-2-3-12(6-9)18-11/h1,4,8-9,11-12,18H,2-3,5-7H2,(H,19,20). The summed E-state index contributed by atoms with van der Waals surface area (Å²) in [5.41, 5.74) is 0.717. The van der Waals surface area contributed by atoms with Gasteiger partial charge in [-0.2, -0.15) is 0 Å². The van der Waals surface area contributed by atoms with Crippen molar-refractivity contribution in [1.29, 1.82) is 0 Å². The third-order valence-electron chi connectivity index (χ3n) is 4.25. The monoisotopic (exact) mass is 404 g/mol. The van der Waals surface area contributed by atoms with E-state index >= 15 is 0 Å². The van der Waals surface area contributed by atoms with E-state index in [9.17, 15) is 4.79 Å². The Balaban J connectivity index is 1.57. The number of nitrogens with one attached hydrogen (secondary N) is 2. The molecule has 0 spiro atoms. The summed E-state index contributed by atoms with van der Waals surface area (Å²) in [6.45, 7) is 0. The second-order valence-corrected chi connectivity index (χ2v) is 7.50. The lowest BCUT2D eigenvalue weighted by Crippen LogP contribution is -2.39. The van der Waals surface area contributed by atoms with E-state index in [0.717, 1.165) is 16.4 Å². The maximum absolute atomic E-state index is 12.2. The van der Waals surface area contributed by atoms with E-state index in [-0.39, 0.29) is 5.91 Å². The lowest BCUT2D eigenvalue weighted by atomic mass is 9.89. The van der Waals surface area contributed by atoms with E-state index in [2.05, 4.69) is 33.2 Å². The van der Waals surface area contributed by atoms with Crippen LogP contribution in [0.5, 0.6) is 0 Å². The van der Waals surface area contributed by atoms with Crippen molar-refractivity contribution >= 4 is 45.8 Å². The van der Waals surface area contributed by atoms with Crippen LogP contribution in [0.4, 0.5) is 5.69 Å². The zero-order chi connectivity index (χ0) is 14.1. The fourth-order valence-electron chi connectivity index (χ4n) is 3.40. The summed E-state index contributed by atoms with van der Waals surface area (Å²) >= 11 is 8.35. The van der Waals surface area contributed by atoms with Gasteiger partial charge in [-0.25, -0.2) is 0 Å². The zero-order valence-corrected chi connectivity index (χ0v) is 14.1. The van der Waals surface area contributed by atoms with E-state index in [1.807, 2.05) is 18.2 Å². The first kappa shape index (κ1) is 14.6. The van der Waals surface area contributed by atoms with Crippen molar-refractivity contribution in [2.75, 3.05) is 5.32 Å². The number of piperidine rings is 1. The van der Waals surface area contributed by atoms with Crippen LogP contribution in [0.2, 0.25) is 5.02 Å². The van der Waals surface area contributed by atoms with Gasteiger partial charge in [-0.1, -0.05) is 11.6 Å². The molecule has 2 fully saturated rings. The quantitative estimate of drug-likeness (QED) is 0.752. The summed E-state index contributed by atoms with van der Waals surface area (Å²) in [4.78, 5) is 12.2. The van der Waals surface area contributed by atoms with E-state index in [4.69, 9.17) is 11.6 Å². The molecular formula is C15H18ClIN2O. The summed E-state index contributed by atoms with van der Waals surface area (Å²) in [5.74, 6) is 0.593. The molecule has 2 atom stereocenters. The fraction of sp³-hybridized carbons (Fsp3) is 0.533. The van der Waals surface area contributed by atoms with Gasteiger partial charge in [0.15, 0.2) is 0 Å². The van der Waals surface area contributed by atoms with Crippen molar-refractivity contribution in [2.24, 2.45) is 5.92 Å². The molecule has 1 amide bonds. The highest BCUT2D eigenvalue weighted by molar-refractivity contribution is 14.1. The summed E-state index contributed by atoms with van der Waals surface area (Å²) in [7, 11) is 0. The largest absolute Gasteiger partial charge is 0.325 e. The Hall–Kier alpha value is -0.330. The maximum Gasteiger partial charge on any atom is 0.224 e. The highest BCUT2D eigenvalue weighted by Gasteiger charge is 2.34. The van der Waals surface area contributed by atoms with Crippen LogP contribution in [0.25, 0.3) is 0 Å². The van der Waals surface area contributed by atoms with Crippen molar-refractivity contribution in [3.8, 4) is 0 Å². The van der Waals surface area contributed by atoms with E-state index in [1.54, 1.807) is 0 Å². The Bertz CT molecular complexity index is 511. The molecule has 3 rings (SSSR count). The molecule has 0 aliphatic carbocycles. The average Bonchev–Trinajstić information content (AvgIpc) is 2.72. The van der Waals surface area contributed by atoms with Crippen molar-refractivity contribution in [3.05, 3.63) is 26.8 Å². The molecule has 1 aromatic carbocycles. The van der Waals surface area contributed by atoms with Crippen LogP contribution in [-0.2, 0) is 4.79 Å². The molecule has 2 aliphatic rings. The Labute approximate surface area is 138 Å². The number of anilines is 1. The minimum absolute atomic E-state index is 0.0828. The lowest BCUT2D eigenvalue weighted by Gasteiger charge is -2.28. The van der Waals surface area contributed by atoms with Gasteiger partial charge in [0.1, 0.15) is 0 Å². The third kappa shape index (κ3) is 3.46. The SMILES string of the molecule is O=C(CC1CC2CCC(C1)N2)Nc1ccc(I)cc1Cl. The van der Waals surface area contributed by atoms with Crippen LogP contribution < -0.4 is 10.6 Å². The van der Waals surface area contributed by atoms with Crippen LogP contribution in [0, 0.1) is 9.49 Å². The van der Waals surface area contributed by atoms with Gasteiger partial charge in [-0.05, 0) is 72.4 Å². The van der Waals surface area contributed by atoms with Crippen molar-refractivity contribution < 1.29 is 4.79 Å². The highest BCUT2D eigenvalue weighted by Crippen LogP contribution is 2.33. The molecule has 5 heteroatoms. The average molecular weight is 405 g/mol. The number of carbonyl (C=O) groups is 1. The molecule has 2 heterocycles. The number of carbonyl (C=O) groups excluding carboxylic acids is 1. The molecule has 1 aromatic rings. The van der Waals surface area contributed by atoms with E-state index in [1.165, 1.54) is 12.8 Å². The second kappa shape index (κ2) is 6.20. The maximum atomic E-state index is 12.2. The van der Waals surface area contributed by atoms with Gasteiger partial charge in [0.05, 0.1) is 10.7 Å². The van der Waals surface area contributed by atoms with Gasteiger partial charge in [0, 0.05) is 22.1 Å². The van der Waals surface area contributed by atoms with Crippen molar-refractivity contribution in [1.82, 2.24) is 5.32 Å². The molecule has 2 unspecified atom stereocenters. The third-order valence-corrected chi connectivity index (χ3v) is 5.23. The summed E-state index contributed by atoms with van der Waals surface area (Å²) in [5, 5.41) is 7.15. The summed E-state index contributed by atoms with van der Waals surface area (Å²) in [6.07, 6.45) is 5.41. The molecule has 0 aromatic heterocycles. The van der Waals surface area contributed by atoms with Crippen LogP contribution in [0.3, 0.4) is 0 Å². The lowest BCUT2D eigenvalue weighted by molar-refractivity contribution is -0.117.